The van der Waals surface area contributed by atoms with E-state index >= 15 is 0 Å². The van der Waals surface area contributed by atoms with Crippen LogP contribution in [0, 0.1) is 11.8 Å². The molecule has 1 unspecified atom stereocenters. The Hall–Kier alpha value is -0.560. The predicted octanol–water partition coefficient (Wildman–Crippen LogP) is 3.14. The minimum Gasteiger partial charge on any atom is -0.316 e. The molecule has 1 nitrogen and oxygen atoms in total. The first-order chi connectivity index (χ1) is 6.74. The summed E-state index contributed by atoms with van der Waals surface area (Å²) >= 11 is 0. The van der Waals surface area contributed by atoms with E-state index in [1.165, 1.54) is 24.8 Å². The van der Waals surface area contributed by atoms with Gasteiger partial charge in [0, 0.05) is 6.04 Å². The van der Waals surface area contributed by atoms with Crippen LogP contribution in [0.25, 0.3) is 0 Å². The fourth-order valence-corrected chi connectivity index (χ4v) is 2.31. The largest absolute Gasteiger partial charge is 0.316 e. The molecular weight excluding hydrogens is 170 g/mol. The van der Waals surface area contributed by atoms with Crippen LogP contribution in [0.4, 0.5) is 0 Å². The quantitative estimate of drug-likeness (QED) is 0.639. The van der Waals surface area contributed by atoms with Crippen molar-refractivity contribution in [2.45, 2.75) is 39.2 Å². The summed E-state index contributed by atoms with van der Waals surface area (Å²) in [5, 5.41) is 3.46. The first-order valence-electron chi connectivity index (χ1n) is 5.73. The molecule has 1 heteroatoms. The molecule has 1 fully saturated rings. The Morgan fingerprint density at radius 1 is 1.57 bits per heavy atom. The van der Waals surface area contributed by atoms with Crippen LogP contribution in [-0.2, 0) is 0 Å². The summed E-state index contributed by atoms with van der Waals surface area (Å²) in [5.74, 6) is 1.51. The second-order valence-corrected chi connectivity index (χ2v) is 4.24. The lowest BCUT2D eigenvalue weighted by Crippen LogP contribution is -2.35. The molecule has 0 bridgehead atoms. The summed E-state index contributed by atoms with van der Waals surface area (Å²) < 4.78 is 0. The normalized spacial score (nSPS) is 21.1. The molecule has 0 amide bonds. The van der Waals surface area contributed by atoms with Crippen molar-refractivity contribution < 1.29 is 0 Å². The minimum atomic E-state index is 0.615. The van der Waals surface area contributed by atoms with Gasteiger partial charge in [-0.2, -0.15) is 0 Å². The Balaban J connectivity index is 2.62. The fraction of sp³-hybridized carbons (Fsp3) is 0.692. The zero-order chi connectivity index (χ0) is 10.6. The highest BCUT2D eigenvalue weighted by Crippen LogP contribution is 2.38. The van der Waals surface area contributed by atoms with Crippen molar-refractivity contribution >= 4 is 0 Å². The van der Waals surface area contributed by atoms with Crippen molar-refractivity contribution in [2.24, 2.45) is 11.8 Å². The first-order valence-corrected chi connectivity index (χ1v) is 5.73. The van der Waals surface area contributed by atoms with Crippen LogP contribution in [0.15, 0.2) is 24.3 Å². The average molecular weight is 193 g/mol. The third-order valence-electron chi connectivity index (χ3n) is 3.19. The maximum atomic E-state index is 4.17. The van der Waals surface area contributed by atoms with Crippen LogP contribution >= 0.6 is 0 Å². The standard InChI is InChI=1S/C13H23N/c1-5-7-10(3)12(6-2)13(14-4)11-8-9-11/h5,7,11-14H,3,6,8-9H2,1-2,4H3/b7-5-/t12-,13?/m1/s1. The van der Waals surface area contributed by atoms with Gasteiger partial charge in [-0.05, 0) is 45.1 Å². The zero-order valence-electron chi connectivity index (χ0n) is 9.72. The summed E-state index contributed by atoms with van der Waals surface area (Å²) in [7, 11) is 2.08. The molecule has 0 aromatic carbocycles. The summed E-state index contributed by atoms with van der Waals surface area (Å²) in [6, 6.07) is 0.642. The molecule has 2 atom stereocenters. The second-order valence-electron chi connectivity index (χ2n) is 4.24. The Kier molecular flexibility index (Phi) is 4.40. The number of hydrogen-bond acceptors (Lipinski definition) is 1. The highest BCUT2D eigenvalue weighted by Gasteiger charge is 2.35. The monoisotopic (exact) mass is 193 g/mol. The Morgan fingerprint density at radius 3 is 2.57 bits per heavy atom. The molecule has 14 heavy (non-hydrogen) atoms. The van der Waals surface area contributed by atoms with Gasteiger partial charge in [0.25, 0.3) is 0 Å². The smallest absolute Gasteiger partial charge is 0.0161 e. The molecule has 1 aliphatic rings. The highest BCUT2D eigenvalue weighted by atomic mass is 14.9. The van der Waals surface area contributed by atoms with E-state index in [4.69, 9.17) is 0 Å². The maximum absolute atomic E-state index is 4.17. The molecule has 1 aliphatic carbocycles. The highest BCUT2D eigenvalue weighted by molar-refractivity contribution is 5.20. The van der Waals surface area contributed by atoms with Gasteiger partial charge in [0.2, 0.25) is 0 Å². The van der Waals surface area contributed by atoms with E-state index in [1.807, 2.05) is 0 Å². The van der Waals surface area contributed by atoms with Gasteiger partial charge in [0.1, 0.15) is 0 Å². The minimum absolute atomic E-state index is 0.615. The third-order valence-corrected chi connectivity index (χ3v) is 3.19. The fourth-order valence-electron chi connectivity index (χ4n) is 2.31. The molecule has 0 aromatic rings. The van der Waals surface area contributed by atoms with E-state index in [0.717, 1.165) is 5.92 Å². The lowest BCUT2D eigenvalue weighted by Gasteiger charge is -2.26. The number of nitrogens with one attached hydrogen (secondary N) is 1. The Morgan fingerprint density at radius 2 is 2.21 bits per heavy atom. The van der Waals surface area contributed by atoms with Crippen molar-refractivity contribution in [2.75, 3.05) is 7.05 Å². The molecule has 1 saturated carbocycles. The topological polar surface area (TPSA) is 12.0 Å². The summed E-state index contributed by atoms with van der Waals surface area (Å²) in [6.07, 6.45) is 8.22. The van der Waals surface area contributed by atoms with Crippen LogP contribution in [0.5, 0.6) is 0 Å². The predicted molar refractivity (Wildman–Crippen MR) is 63.3 cm³/mol. The van der Waals surface area contributed by atoms with E-state index in [0.29, 0.717) is 12.0 Å². The van der Waals surface area contributed by atoms with Crippen molar-refractivity contribution in [1.82, 2.24) is 5.32 Å². The van der Waals surface area contributed by atoms with Crippen LogP contribution < -0.4 is 5.32 Å². The van der Waals surface area contributed by atoms with Gasteiger partial charge in [-0.25, -0.2) is 0 Å². The second kappa shape index (κ2) is 5.35. The number of allylic oxidation sites excluding steroid dienone is 2. The van der Waals surface area contributed by atoms with E-state index in [-0.39, 0.29) is 0 Å². The van der Waals surface area contributed by atoms with Crippen molar-refractivity contribution in [1.29, 1.82) is 0 Å². The van der Waals surface area contributed by atoms with Crippen LogP contribution in [0.2, 0.25) is 0 Å². The molecule has 80 valence electrons. The number of hydrogen-bond donors (Lipinski definition) is 1. The lowest BCUT2D eigenvalue weighted by atomic mass is 9.87. The molecule has 0 aromatic heterocycles. The van der Waals surface area contributed by atoms with Gasteiger partial charge in [0.05, 0.1) is 0 Å². The summed E-state index contributed by atoms with van der Waals surface area (Å²) in [5.41, 5.74) is 1.28. The van der Waals surface area contributed by atoms with Gasteiger partial charge < -0.3 is 5.32 Å². The SMILES string of the molecule is C=C(/C=C\C)[C@@H](CC)C(NC)C1CC1. The van der Waals surface area contributed by atoms with Gasteiger partial charge in [-0.15, -0.1) is 0 Å². The molecule has 0 spiro atoms. The van der Waals surface area contributed by atoms with Gasteiger partial charge in [-0.3, -0.25) is 0 Å². The summed E-state index contributed by atoms with van der Waals surface area (Å²) in [4.78, 5) is 0. The maximum Gasteiger partial charge on any atom is 0.0161 e. The molecule has 0 saturated heterocycles. The lowest BCUT2D eigenvalue weighted by molar-refractivity contribution is 0.375. The average Bonchev–Trinajstić information content (AvgIpc) is 2.97. The van der Waals surface area contributed by atoms with Gasteiger partial charge in [-0.1, -0.05) is 31.2 Å². The van der Waals surface area contributed by atoms with Crippen LogP contribution in [0.1, 0.15) is 33.1 Å². The Labute approximate surface area is 88.3 Å². The molecule has 1 rings (SSSR count). The van der Waals surface area contributed by atoms with Crippen LogP contribution in [-0.4, -0.2) is 13.1 Å². The molecule has 1 N–H and O–H groups in total. The van der Waals surface area contributed by atoms with E-state index in [9.17, 15) is 0 Å². The third kappa shape index (κ3) is 2.71. The van der Waals surface area contributed by atoms with E-state index in [2.05, 4.69) is 44.9 Å². The molecule has 0 aliphatic heterocycles. The Bertz CT molecular complexity index is 213. The van der Waals surface area contributed by atoms with Crippen molar-refractivity contribution in [3.05, 3.63) is 24.3 Å². The van der Waals surface area contributed by atoms with Crippen molar-refractivity contribution in [3.8, 4) is 0 Å². The zero-order valence-corrected chi connectivity index (χ0v) is 9.72. The van der Waals surface area contributed by atoms with E-state index in [1.54, 1.807) is 0 Å². The van der Waals surface area contributed by atoms with Gasteiger partial charge in [0.15, 0.2) is 0 Å². The molecular formula is C13H23N. The molecule has 0 heterocycles. The number of rotatable bonds is 6. The molecule has 0 radical (unpaired) electrons. The van der Waals surface area contributed by atoms with Crippen molar-refractivity contribution in [3.63, 3.8) is 0 Å². The summed E-state index contributed by atoms with van der Waals surface area (Å²) in [6.45, 7) is 8.48. The van der Waals surface area contributed by atoms with Gasteiger partial charge >= 0.3 is 0 Å². The first kappa shape index (κ1) is 11.5. The van der Waals surface area contributed by atoms with Crippen LogP contribution in [0.3, 0.4) is 0 Å². The van der Waals surface area contributed by atoms with E-state index < -0.39 is 0 Å².